The number of benzene rings is 1. The van der Waals surface area contributed by atoms with Crippen LogP contribution in [0.15, 0.2) is 47.2 Å². The normalized spacial score (nSPS) is 24.9. The van der Waals surface area contributed by atoms with Gasteiger partial charge in [0.1, 0.15) is 6.17 Å². The third kappa shape index (κ3) is 3.47. The number of nitrogens with one attached hydrogen (secondary N) is 1. The number of pyridine rings is 1. The Balaban J connectivity index is 1.16. The van der Waals surface area contributed by atoms with E-state index in [4.69, 9.17) is 9.26 Å². The second-order valence-corrected chi connectivity index (χ2v) is 9.57. The molecule has 9 nitrogen and oxygen atoms in total. The van der Waals surface area contributed by atoms with Gasteiger partial charge >= 0.3 is 0 Å². The number of amides is 1. The van der Waals surface area contributed by atoms with E-state index in [1.165, 1.54) is 0 Å². The van der Waals surface area contributed by atoms with E-state index in [9.17, 15) is 9.18 Å². The number of halogens is 1. The SMILES string of the molecule is Cc1ccc(-c2noc([C@H]3C[C@@H]3F)n2)cc1NC(=O)c1cnn2ccc(N3C[C@@H]4C[C@H]3CO4)cc12. The molecule has 5 heterocycles. The molecule has 2 saturated heterocycles. The van der Waals surface area contributed by atoms with Crippen LogP contribution in [0.3, 0.4) is 0 Å². The minimum atomic E-state index is -0.906. The fourth-order valence-corrected chi connectivity index (χ4v) is 5.05. The van der Waals surface area contributed by atoms with Crippen LogP contribution in [0.25, 0.3) is 16.9 Å². The van der Waals surface area contributed by atoms with Crippen molar-refractivity contribution in [3.63, 3.8) is 0 Å². The van der Waals surface area contributed by atoms with Gasteiger partial charge in [-0.2, -0.15) is 10.1 Å². The molecule has 4 atom stereocenters. The average molecular weight is 474 g/mol. The molecule has 1 amide bonds. The van der Waals surface area contributed by atoms with E-state index in [0.29, 0.717) is 41.0 Å². The van der Waals surface area contributed by atoms with Crippen LogP contribution in [0.1, 0.15) is 40.6 Å². The summed E-state index contributed by atoms with van der Waals surface area (Å²) in [7, 11) is 0. The van der Waals surface area contributed by atoms with Crippen molar-refractivity contribution in [1.82, 2.24) is 19.8 Å². The molecule has 1 saturated carbocycles. The third-order valence-electron chi connectivity index (χ3n) is 7.20. The van der Waals surface area contributed by atoms with Gasteiger partial charge in [-0.3, -0.25) is 4.79 Å². The third-order valence-corrected chi connectivity index (χ3v) is 7.20. The van der Waals surface area contributed by atoms with Gasteiger partial charge in [-0.15, -0.1) is 0 Å². The Hall–Kier alpha value is -3.79. The smallest absolute Gasteiger partial charge is 0.259 e. The molecule has 3 aromatic heterocycles. The van der Waals surface area contributed by atoms with Crippen molar-refractivity contribution >= 4 is 22.8 Å². The second-order valence-electron chi connectivity index (χ2n) is 9.57. The number of rotatable bonds is 5. The quantitative estimate of drug-likeness (QED) is 0.470. The fraction of sp³-hybridized carbons (Fsp3) is 0.360. The first-order valence-electron chi connectivity index (χ1n) is 11.8. The number of aryl methyl sites for hydroxylation is 1. The first-order valence-corrected chi connectivity index (χ1v) is 11.8. The van der Waals surface area contributed by atoms with E-state index in [-0.39, 0.29) is 17.9 Å². The Morgan fingerprint density at radius 2 is 2.11 bits per heavy atom. The van der Waals surface area contributed by atoms with Gasteiger partial charge in [0, 0.05) is 29.7 Å². The van der Waals surface area contributed by atoms with Gasteiger partial charge < -0.3 is 19.5 Å². The number of carbonyl (C=O) groups is 1. The highest BCUT2D eigenvalue weighted by atomic mass is 19.1. The number of aromatic nitrogens is 4. The molecule has 0 radical (unpaired) electrons. The summed E-state index contributed by atoms with van der Waals surface area (Å²) in [6, 6.07) is 9.97. The minimum Gasteiger partial charge on any atom is -0.374 e. The highest BCUT2D eigenvalue weighted by Gasteiger charge is 2.43. The zero-order valence-corrected chi connectivity index (χ0v) is 19.0. The molecule has 0 unspecified atom stereocenters. The fourth-order valence-electron chi connectivity index (χ4n) is 5.05. The number of hydrogen-bond acceptors (Lipinski definition) is 7. The van der Waals surface area contributed by atoms with Crippen molar-refractivity contribution in [2.75, 3.05) is 23.4 Å². The van der Waals surface area contributed by atoms with E-state index in [0.717, 1.165) is 36.3 Å². The summed E-state index contributed by atoms with van der Waals surface area (Å²) in [6.45, 7) is 3.53. The van der Waals surface area contributed by atoms with E-state index in [1.54, 1.807) is 16.8 Å². The molecule has 2 bridgehead atoms. The number of fused-ring (bicyclic) bond motifs is 3. The molecule has 178 valence electrons. The second kappa shape index (κ2) is 7.61. The summed E-state index contributed by atoms with van der Waals surface area (Å²) in [4.78, 5) is 20.0. The standard InChI is InChI=1S/C25H23FN6O3/c1-13-2-3-14(23-29-25(35-30-23)18-9-20(18)26)6-21(13)28-24(33)19-10-27-32-5-4-15(8-22(19)32)31-11-17-7-16(31)12-34-17/h2-6,8,10,16-18,20H,7,9,11-12H2,1H3,(H,28,33)/t16-,17-,18-,20-/m0/s1. The van der Waals surface area contributed by atoms with Crippen LogP contribution in [0.2, 0.25) is 0 Å². The van der Waals surface area contributed by atoms with Crippen LogP contribution < -0.4 is 10.2 Å². The minimum absolute atomic E-state index is 0.254. The molecule has 3 aliphatic rings. The summed E-state index contributed by atoms with van der Waals surface area (Å²) >= 11 is 0. The van der Waals surface area contributed by atoms with Crippen molar-refractivity contribution in [2.24, 2.45) is 0 Å². The van der Waals surface area contributed by atoms with Crippen LogP contribution in [0.5, 0.6) is 0 Å². The van der Waals surface area contributed by atoms with Crippen molar-refractivity contribution in [1.29, 1.82) is 0 Å². The molecule has 1 aliphatic carbocycles. The largest absolute Gasteiger partial charge is 0.374 e. The lowest BCUT2D eigenvalue weighted by Gasteiger charge is -2.29. The van der Waals surface area contributed by atoms with Gasteiger partial charge in [0.25, 0.3) is 5.91 Å². The van der Waals surface area contributed by atoms with Gasteiger partial charge in [0.15, 0.2) is 0 Å². The number of ether oxygens (including phenoxy) is 1. The van der Waals surface area contributed by atoms with E-state index < -0.39 is 6.17 Å². The summed E-state index contributed by atoms with van der Waals surface area (Å²) in [5, 5.41) is 11.4. The summed E-state index contributed by atoms with van der Waals surface area (Å²) in [5.74, 6) is 0.137. The maximum absolute atomic E-state index is 13.3. The van der Waals surface area contributed by atoms with Crippen molar-refractivity contribution in [3.8, 4) is 11.4 Å². The first kappa shape index (κ1) is 20.6. The summed E-state index contributed by atoms with van der Waals surface area (Å²) in [5.41, 5.74) is 4.51. The molecule has 1 aromatic carbocycles. The first-order chi connectivity index (χ1) is 17.0. The van der Waals surface area contributed by atoms with Crippen molar-refractivity contribution in [2.45, 2.75) is 44.0 Å². The zero-order valence-electron chi connectivity index (χ0n) is 19.0. The molecule has 2 aliphatic heterocycles. The number of alkyl halides is 1. The number of anilines is 2. The Bertz CT molecular complexity index is 1460. The average Bonchev–Trinajstić information content (AvgIpc) is 3.40. The van der Waals surface area contributed by atoms with Gasteiger partial charge in [-0.1, -0.05) is 17.3 Å². The Kier molecular flexibility index (Phi) is 4.47. The Morgan fingerprint density at radius 3 is 2.89 bits per heavy atom. The topological polar surface area (TPSA) is 97.8 Å². The molecular formula is C25H23FN6O3. The van der Waals surface area contributed by atoms with Gasteiger partial charge in [-0.05, 0) is 43.5 Å². The van der Waals surface area contributed by atoms with E-state index in [1.807, 2.05) is 37.4 Å². The lowest BCUT2D eigenvalue weighted by atomic mass is 10.1. The molecule has 7 rings (SSSR count). The van der Waals surface area contributed by atoms with Gasteiger partial charge in [0.05, 0.1) is 41.9 Å². The lowest BCUT2D eigenvalue weighted by Crippen LogP contribution is -2.36. The molecule has 0 spiro atoms. The number of nitrogens with zero attached hydrogens (tertiary/aromatic N) is 5. The number of morpholine rings is 1. The van der Waals surface area contributed by atoms with Gasteiger partial charge in [0.2, 0.25) is 11.7 Å². The predicted octanol–water partition coefficient (Wildman–Crippen LogP) is 3.75. The Morgan fingerprint density at radius 1 is 1.23 bits per heavy atom. The summed E-state index contributed by atoms with van der Waals surface area (Å²) < 4.78 is 26.0. The van der Waals surface area contributed by atoms with Crippen LogP contribution in [0.4, 0.5) is 15.8 Å². The predicted molar refractivity (Wildman–Crippen MR) is 125 cm³/mol. The van der Waals surface area contributed by atoms with Gasteiger partial charge in [-0.25, -0.2) is 8.91 Å². The molecule has 1 N–H and O–H groups in total. The number of carbonyl (C=O) groups excluding carboxylic acids is 1. The molecule has 35 heavy (non-hydrogen) atoms. The van der Waals surface area contributed by atoms with Crippen LogP contribution in [-0.2, 0) is 4.74 Å². The van der Waals surface area contributed by atoms with Crippen LogP contribution >= 0.6 is 0 Å². The monoisotopic (exact) mass is 474 g/mol. The highest BCUT2D eigenvalue weighted by Crippen LogP contribution is 2.43. The number of hydrogen-bond donors (Lipinski definition) is 1. The highest BCUT2D eigenvalue weighted by molar-refractivity contribution is 6.09. The molecule has 3 fully saturated rings. The Labute approximate surface area is 199 Å². The van der Waals surface area contributed by atoms with Crippen molar-refractivity contribution in [3.05, 3.63) is 59.7 Å². The summed E-state index contributed by atoms with van der Waals surface area (Å²) in [6.07, 6.45) is 4.32. The maximum atomic E-state index is 13.3. The lowest BCUT2D eigenvalue weighted by molar-refractivity contribution is 0.0991. The molecular weight excluding hydrogens is 451 g/mol. The van der Waals surface area contributed by atoms with E-state index in [2.05, 4.69) is 25.5 Å². The van der Waals surface area contributed by atoms with Crippen molar-refractivity contribution < 1.29 is 18.4 Å². The van der Waals surface area contributed by atoms with E-state index >= 15 is 0 Å². The van der Waals surface area contributed by atoms with Crippen LogP contribution in [-0.4, -0.2) is 57.1 Å². The zero-order chi connectivity index (χ0) is 23.7. The van der Waals surface area contributed by atoms with Crippen LogP contribution in [0, 0.1) is 6.92 Å². The molecule has 10 heteroatoms. The maximum Gasteiger partial charge on any atom is 0.259 e. The molecule has 4 aromatic rings.